The van der Waals surface area contributed by atoms with Gasteiger partial charge in [0.25, 0.3) is 0 Å². The lowest BCUT2D eigenvalue weighted by Gasteiger charge is -2.27. The van der Waals surface area contributed by atoms with Gasteiger partial charge < -0.3 is 10.1 Å². The summed E-state index contributed by atoms with van der Waals surface area (Å²) in [6.45, 7) is 6.15. The average Bonchev–Trinajstić information content (AvgIpc) is 2.30. The van der Waals surface area contributed by atoms with Crippen molar-refractivity contribution >= 4 is 0 Å². The van der Waals surface area contributed by atoms with Crippen molar-refractivity contribution in [1.29, 1.82) is 0 Å². The Bertz CT molecular complexity index is 331. The van der Waals surface area contributed by atoms with Gasteiger partial charge in [-0.15, -0.1) is 0 Å². The van der Waals surface area contributed by atoms with Gasteiger partial charge in [-0.3, -0.25) is 0 Å². The zero-order valence-electron chi connectivity index (χ0n) is 10.2. The molecule has 1 N–H and O–H groups in total. The summed E-state index contributed by atoms with van der Waals surface area (Å²) in [6, 6.07) is 9.63. The Hall–Kier alpha value is -0.860. The van der Waals surface area contributed by atoms with Crippen LogP contribution < -0.4 is 5.32 Å². The van der Waals surface area contributed by atoms with Crippen LogP contribution in [0.15, 0.2) is 24.3 Å². The highest BCUT2D eigenvalue weighted by molar-refractivity contribution is 5.24. The van der Waals surface area contributed by atoms with Gasteiger partial charge in [0.1, 0.15) is 0 Å². The van der Waals surface area contributed by atoms with E-state index in [1.165, 1.54) is 24.0 Å². The molecule has 0 bridgehead atoms. The van der Waals surface area contributed by atoms with Gasteiger partial charge in [-0.1, -0.05) is 29.8 Å². The van der Waals surface area contributed by atoms with Crippen LogP contribution in [0.5, 0.6) is 0 Å². The molecule has 1 saturated heterocycles. The van der Waals surface area contributed by atoms with Crippen LogP contribution in [-0.4, -0.2) is 19.3 Å². The van der Waals surface area contributed by atoms with Crippen molar-refractivity contribution in [2.75, 3.05) is 13.2 Å². The molecular weight excluding hydrogens is 198 g/mol. The smallest absolute Gasteiger partial charge is 0.0619 e. The largest absolute Gasteiger partial charge is 0.380 e. The van der Waals surface area contributed by atoms with Crippen molar-refractivity contribution in [2.45, 2.75) is 38.8 Å². The molecule has 1 unspecified atom stereocenters. The fourth-order valence-corrected chi connectivity index (χ4v) is 2.26. The molecule has 2 atom stereocenters. The van der Waals surface area contributed by atoms with E-state index in [0.29, 0.717) is 12.1 Å². The third kappa shape index (κ3) is 3.06. The van der Waals surface area contributed by atoms with Gasteiger partial charge in [0.15, 0.2) is 0 Å². The number of aryl methyl sites for hydroxylation is 1. The zero-order chi connectivity index (χ0) is 11.4. The van der Waals surface area contributed by atoms with E-state index in [0.717, 1.165) is 13.2 Å². The average molecular weight is 219 g/mol. The molecule has 2 nitrogen and oxygen atoms in total. The Balaban J connectivity index is 1.94. The number of ether oxygens (including phenoxy) is 1. The number of hydrogen-bond acceptors (Lipinski definition) is 2. The quantitative estimate of drug-likeness (QED) is 0.844. The normalized spacial score (nSPS) is 23.0. The Morgan fingerprint density at radius 1 is 1.44 bits per heavy atom. The molecule has 0 spiro atoms. The van der Waals surface area contributed by atoms with Crippen molar-refractivity contribution < 1.29 is 4.74 Å². The van der Waals surface area contributed by atoms with Crippen molar-refractivity contribution in [2.24, 2.45) is 0 Å². The molecule has 0 amide bonds. The maximum absolute atomic E-state index is 5.48. The lowest BCUT2D eigenvalue weighted by molar-refractivity contribution is 0.0671. The minimum absolute atomic E-state index is 0.409. The van der Waals surface area contributed by atoms with Crippen LogP contribution in [0.4, 0.5) is 0 Å². The Kier molecular flexibility index (Phi) is 3.97. The van der Waals surface area contributed by atoms with E-state index < -0.39 is 0 Å². The highest BCUT2D eigenvalue weighted by Gasteiger charge is 2.16. The summed E-state index contributed by atoms with van der Waals surface area (Å²) >= 11 is 0. The van der Waals surface area contributed by atoms with E-state index in [1.54, 1.807) is 0 Å². The molecule has 1 fully saturated rings. The highest BCUT2D eigenvalue weighted by Crippen LogP contribution is 2.16. The molecular formula is C14H21NO. The van der Waals surface area contributed by atoms with Gasteiger partial charge in [-0.25, -0.2) is 0 Å². The van der Waals surface area contributed by atoms with Gasteiger partial charge >= 0.3 is 0 Å². The molecule has 1 heterocycles. The predicted molar refractivity (Wildman–Crippen MR) is 66.6 cm³/mol. The lowest BCUT2D eigenvalue weighted by atomic mass is 10.0. The fourth-order valence-electron chi connectivity index (χ4n) is 2.26. The molecule has 1 aliphatic rings. The van der Waals surface area contributed by atoms with E-state index >= 15 is 0 Å². The van der Waals surface area contributed by atoms with Crippen LogP contribution in [0, 0.1) is 6.92 Å². The number of rotatable bonds is 3. The first kappa shape index (κ1) is 11.6. The van der Waals surface area contributed by atoms with Gasteiger partial charge in [0.2, 0.25) is 0 Å². The Morgan fingerprint density at radius 3 is 3.00 bits per heavy atom. The van der Waals surface area contributed by atoms with Gasteiger partial charge in [0.05, 0.1) is 6.61 Å². The van der Waals surface area contributed by atoms with Crippen molar-refractivity contribution in [3.05, 3.63) is 35.4 Å². The molecule has 1 aromatic carbocycles. The van der Waals surface area contributed by atoms with Crippen LogP contribution in [-0.2, 0) is 4.74 Å². The van der Waals surface area contributed by atoms with Crippen molar-refractivity contribution in [3.8, 4) is 0 Å². The summed E-state index contributed by atoms with van der Waals surface area (Å²) in [5, 5.41) is 3.64. The molecule has 0 saturated carbocycles. The number of hydrogen-bond donors (Lipinski definition) is 1. The first-order chi connectivity index (χ1) is 7.75. The van der Waals surface area contributed by atoms with E-state index in [-0.39, 0.29) is 0 Å². The molecule has 0 aromatic heterocycles. The highest BCUT2D eigenvalue weighted by atomic mass is 16.5. The molecule has 0 aliphatic carbocycles. The second kappa shape index (κ2) is 5.46. The predicted octanol–water partition coefficient (Wildman–Crippen LogP) is 2.82. The third-order valence-corrected chi connectivity index (χ3v) is 3.19. The molecule has 88 valence electrons. The SMILES string of the molecule is Cc1cccc([C@@H](C)NC2CCCOC2)c1. The van der Waals surface area contributed by atoms with E-state index in [1.807, 2.05) is 0 Å². The van der Waals surface area contributed by atoms with Gasteiger partial charge in [-0.2, -0.15) is 0 Å². The fraction of sp³-hybridized carbons (Fsp3) is 0.571. The summed E-state index contributed by atoms with van der Waals surface area (Å²) in [5.74, 6) is 0. The second-order valence-corrected chi connectivity index (χ2v) is 4.72. The van der Waals surface area contributed by atoms with E-state index in [2.05, 4.69) is 43.4 Å². The minimum Gasteiger partial charge on any atom is -0.380 e. The molecule has 1 aliphatic heterocycles. The Labute approximate surface area is 98.0 Å². The topological polar surface area (TPSA) is 21.3 Å². The first-order valence-corrected chi connectivity index (χ1v) is 6.16. The van der Waals surface area contributed by atoms with Crippen LogP contribution in [0.25, 0.3) is 0 Å². The zero-order valence-corrected chi connectivity index (χ0v) is 10.2. The monoisotopic (exact) mass is 219 g/mol. The van der Waals surface area contributed by atoms with Crippen molar-refractivity contribution in [1.82, 2.24) is 5.32 Å². The maximum atomic E-state index is 5.48. The first-order valence-electron chi connectivity index (χ1n) is 6.16. The van der Waals surface area contributed by atoms with Crippen LogP contribution in [0.2, 0.25) is 0 Å². The summed E-state index contributed by atoms with van der Waals surface area (Å²) < 4.78 is 5.48. The lowest BCUT2D eigenvalue weighted by Crippen LogP contribution is -2.38. The summed E-state index contributed by atoms with van der Waals surface area (Å²) in [6.07, 6.45) is 2.41. The van der Waals surface area contributed by atoms with E-state index in [9.17, 15) is 0 Å². The van der Waals surface area contributed by atoms with Crippen molar-refractivity contribution in [3.63, 3.8) is 0 Å². The van der Waals surface area contributed by atoms with Gasteiger partial charge in [0, 0.05) is 18.7 Å². The Morgan fingerprint density at radius 2 is 2.31 bits per heavy atom. The molecule has 2 rings (SSSR count). The standard InChI is InChI=1S/C14H21NO/c1-11-5-3-6-13(9-11)12(2)15-14-7-4-8-16-10-14/h3,5-6,9,12,14-15H,4,7-8,10H2,1-2H3/t12-,14?/m1/s1. The third-order valence-electron chi connectivity index (χ3n) is 3.19. The molecule has 1 aromatic rings. The van der Waals surface area contributed by atoms with Crippen LogP contribution in [0.3, 0.4) is 0 Å². The van der Waals surface area contributed by atoms with Crippen LogP contribution >= 0.6 is 0 Å². The molecule has 0 radical (unpaired) electrons. The summed E-state index contributed by atoms with van der Waals surface area (Å²) in [4.78, 5) is 0. The molecule has 2 heteroatoms. The minimum atomic E-state index is 0.409. The van der Waals surface area contributed by atoms with Gasteiger partial charge in [-0.05, 0) is 32.3 Å². The molecule has 16 heavy (non-hydrogen) atoms. The number of benzene rings is 1. The maximum Gasteiger partial charge on any atom is 0.0619 e. The second-order valence-electron chi connectivity index (χ2n) is 4.72. The van der Waals surface area contributed by atoms with Crippen LogP contribution in [0.1, 0.15) is 36.9 Å². The summed E-state index contributed by atoms with van der Waals surface area (Å²) in [7, 11) is 0. The summed E-state index contributed by atoms with van der Waals surface area (Å²) in [5.41, 5.74) is 2.69. The van der Waals surface area contributed by atoms with E-state index in [4.69, 9.17) is 4.74 Å². The number of nitrogens with one attached hydrogen (secondary N) is 1.